The van der Waals surface area contributed by atoms with E-state index in [2.05, 4.69) is 10.2 Å². The lowest BCUT2D eigenvalue weighted by molar-refractivity contribution is -0.115. The topological polar surface area (TPSA) is 69.7 Å². The number of hydrogen-bond donors (Lipinski definition) is 1. The van der Waals surface area contributed by atoms with Gasteiger partial charge in [0, 0.05) is 31.9 Å². The van der Waals surface area contributed by atoms with Crippen LogP contribution >= 0.6 is 11.6 Å². The first kappa shape index (κ1) is 14.8. The van der Waals surface area contributed by atoms with E-state index in [0.29, 0.717) is 37.4 Å². The minimum atomic E-state index is -3.62. The van der Waals surface area contributed by atoms with Gasteiger partial charge in [-0.2, -0.15) is 4.31 Å². The van der Waals surface area contributed by atoms with Crippen molar-refractivity contribution in [1.82, 2.24) is 9.21 Å². The summed E-state index contributed by atoms with van der Waals surface area (Å²) in [5.74, 6) is -0.143. The van der Waals surface area contributed by atoms with Crippen molar-refractivity contribution in [2.75, 3.05) is 38.5 Å². The molecule has 0 aromatic heterocycles. The molecule has 8 heteroatoms. The van der Waals surface area contributed by atoms with Gasteiger partial charge in [-0.1, -0.05) is 11.6 Å². The van der Waals surface area contributed by atoms with Gasteiger partial charge >= 0.3 is 0 Å². The lowest BCUT2D eigenvalue weighted by atomic mass is 10.2. The van der Waals surface area contributed by atoms with Crippen LogP contribution in [0.1, 0.15) is 5.56 Å². The minimum Gasteiger partial charge on any atom is -0.325 e. The van der Waals surface area contributed by atoms with Crippen molar-refractivity contribution < 1.29 is 13.2 Å². The lowest BCUT2D eigenvalue weighted by Gasteiger charge is -2.31. The number of benzene rings is 1. The summed E-state index contributed by atoms with van der Waals surface area (Å²) >= 11 is 6.12. The number of carbonyl (C=O) groups is 1. The van der Waals surface area contributed by atoms with Crippen LogP contribution in [-0.4, -0.2) is 56.8 Å². The van der Waals surface area contributed by atoms with Crippen molar-refractivity contribution >= 4 is 33.2 Å². The fraction of sp³-hybridized carbons (Fsp3) is 0.462. The van der Waals surface area contributed by atoms with Gasteiger partial charge in [0.25, 0.3) is 0 Å². The summed E-state index contributed by atoms with van der Waals surface area (Å²) in [6.07, 6.45) is 0.192. The van der Waals surface area contributed by atoms with E-state index in [1.165, 1.54) is 16.4 Å². The Morgan fingerprint density at radius 2 is 1.86 bits per heavy atom. The molecule has 0 spiro atoms. The summed E-state index contributed by atoms with van der Waals surface area (Å²) < 4.78 is 26.9. The first-order valence-corrected chi connectivity index (χ1v) is 8.51. The number of fused-ring (bicyclic) bond motifs is 1. The molecular formula is C13H16ClN3O3S. The summed E-state index contributed by atoms with van der Waals surface area (Å²) in [6, 6.07) is 3.04. The molecule has 0 unspecified atom stereocenters. The number of piperazine rings is 1. The number of anilines is 1. The number of carbonyl (C=O) groups excluding carboxylic acids is 1. The highest BCUT2D eigenvalue weighted by Gasteiger charge is 2.31. The second-order valence-corrected chi connectivity index (χ2v) is 7.69. The molecule has 2 aliphatic heterocycles. The number of hydrogen-bond acceptors (Lipinski definition) is 4. The normalized spacial score (nSPS) is 20.4. The summed E-state index contributed by atoms with van der Waals surface area (Å²) in [5.41, 5.74) is 1.28. The number of likely N-dealkylation sites (N-methyl/N-ethyl adjacent to an activating group) is 1. The van der Waals surface area contributed by atoms with Crippen LogP contribution in [-0.2, 0) is 21.2 Å². The third kappa shape index (κ3) is 2.66. The van der Waals surface area contributed by atoms with E-state index < -0.39 is 10.0 Å². The molecule has 0 bridgehead atoms. The predicted octanol–water partition coefficient (Wildman–Crippen LogP) is 0.771. The zero-order valence-electron chi connectivity index (χ0n) is 11.6. The van der Waals surface area contributed by atoms with E-state index in [9.17, 15) is 13.2 Å². The molecule has 1 N–H and O–H groups in total. The third-order valence-electron chi connectivity index (χ3n) is 3.86. The van der Waals surface area contributed by atoms with Crippen LogP contribution in [0.4, 0.5) is 5.69 Å². The number of rotatable bonds is 2. The molecule has 1 saturated heterocycles. The van der Waals surface area contributed by atoms with Gasteiger partial charge in [-0.3, -0.25) is 4.79 Å². The zero-order chi connectivity index (χ0) is 15.2. The fourth-order valence-electron chi connectivity index (χ4n) is 2.59. The van der Waals surface area contributed by atoms with Crippen molar-refractivity contribution in [2.24, 2.45) is 0 Å². The lowest BCUT2D eigenvalue weighted by Crippen LogP contribution is -2.47. The van der Waals surface area contributed by atoms with Crippen LogP contribution in [0.2, 0.25) is 5.02 Å². The van der Waals surface area contributed by atoms with Gasteiger partial charge < -0.3 is 10.2 Å². The maximum absolute atomic E-state index is 12.7. The SMILES string of the molecule is CN1CCN(S(=O)(=O)c2cc3c(cc2Cl)NC(=O)C3)CC1. The summed E-state index contributed by atoms with van der Waals surface area (Å²) in [6.45, 7) is 2.29. The van der Waals surface area contributed by atoms with Crippen LogP contribution in [0.5, 0.6) is 0 Å². The number of sulfonamides is 1. The van der Waals surface area contributed by atoms with Gasteiger partial charge in [-0.25, -0.2) is 8.42 Å². The van der Waals surface area contributed by atoms with E-state index in [4.69, 9.17) is 11.6 Å². The van der Waals surface area contributed by atoms with E-state index in [1.807, 2.05) is 7.05 Å². The molecule has 1 fully saturated rings. The van der Waals surface area contributed by atoms with Crippen LogP contribution < -0.4 is 5.32 Å². The maximum Gasteiger partial charge on any atom is 0.244 e. The van der Waals surface area contributed by atoms with Crippen LogP contribution in [0.25, 0.3) is 0 Å². The van der Waals surface area contributed by atoms with E-state index in [0.717, 1.165) is 0 Å². The van der Waals surface area contributed by atoms with E-state index in [-0.39, 0.29) is 22.2 Å². The van der Waals surface area contributed by atoms with Crippen molar-refractivity contribution in [2.45, 2.75) is 11.3 Å². The number of nitrogens with one attached hydrogen (secondary N) is 1. The Kier molecular flexibility index (Phi) is 3.69. The third-order valence-corrected chi connectivity index (χ3v) is 6.23. The summed E-state index contributed by atoms with van der Waals surface area (Å²) in [4.78, 5) is 13.6. The molecule has 0 saturated carbocycles. The Labute approximate surface area is 128 Å². The smallest absolute Gasteiger partial charge is 0.244 e. The monoisotopic (exact) mass is 329 g/mol. The average Bonchev–Trinajstić information content (AvgIpc) is 2.77. The summed E-state index contributed by atoms with van der Waals surface area (Å²) in [7, 11) is -1.66. The molecule has 0 radical (unpaired) electrons. The van der Waals surface area contributed by atoms with E-state index >= 15 is 0 Å². The van der Waals surface area contributed by atoms with Crippen LogP contribution in [0.15, 0.2) is 17.0 Å². The van der Waals surface area contributed by atoms with Crippen LogP contribution in [0, 0.1) is 0 Å². The minimum absolute atomic E-state index is 0.0870. The second kappa shape index (κ2) is 5.24. The summed E-state index contributed by atoms with van der Waals surface area (Å²) in [5, 5.41) is 2.81. The Hall–Kier alpha value is -1.15. The Bertz CT molecular complexity index is 697. The number of nitrogens with zero attached hydrogens (tertiary/aromatic N) is 2. The first-order chi connectivity index (χ1) is 9.88. The molecule has 1 aromatic carbocycles. The largest absolute Gasteiger partial charge is 0.325 e. The van der Waals surface area contributed by atoms with Gasteiger partial charge in [-0.15, -0.1) is 0 Å². The molecule has 6 nitrogen and oxygen atoms in total. The first-order valence-electron chi connectivity index (χ1n) is 6.69. The van der Waals surface area contributed by atoms with Crippen molar-refractivity contribution in [1.29, 1.82) is 0 Å². The van der Waals surface area contributed by atoms with Crippen LogP contribution in [0.3, 0.4) is 0 Å². The highest BCUT2D eigenvalue weighted by atomic mass is 35.5. The fourth-order valence-corrected chi connectivity index (χ4v) is 4.57. The molecule has 2 aliphatic rings. The zero-order valence-corrected chi connectivity index (χ0v) is 13.2. The van der Waals surface area contributed by atoms with E-state index in [1.54, 1.807) is 0 Å². The van der Waals surface area contributed by atoms with Crippen molar-refractivity contribution in [3.05, 3.63) is 22.7 Å². The van der Waals surface area contributed by atoms with Gasteiger partial charge in [0.1, 0.15) is 4.90 Å². The second-order valence-electron chi connectivity index (χ2n) is 5.37. The molecular weight excluding hydrogens is 314 g/mol. The quantitative estimate of drug-likeness (QED) is 0.870. The molecule has 3 rings (SSSR count). The molecule has 2 heterocycles. The van der Waals surface area contributed by atoms with Gasteiger partial charge in [0.2, 0.25) is 15.9 Å². The maximum atomic E-state index is 12.7. The number of halogens is 1. The Morgan fingerprint density at radius 1 is 1.19 bits per heavy atom. The molecule has 1 aromatic rings. The van der Waals surface area contributed by atoms with Gasteiger partial charge in [0.15, 0.2) is 0 Å². The molecule has 1 amide bonds. The van der Waals surface area contributed by atoms with Crippen molar-refractivity contribution in [3.8, 4) is 0 Å². The molecule has 0 atom stereocenters. The Morgan fingerprint density at radius 3 is 2.52 bits per heavy atom. The molecule has 114 valence electrons. The Balaban J connectivity index is 1.96. The highest BCUT2D eigenvalue weighted by molar-refractivity contribution is 7.89. The average molecular weight is 330 g/mol. The predicted molar refractivity (Wildman–Crippen MR) is 80.0 cm³/mol. The van der Waals surface area contributed by atoms with Gasteiger partial charge in [0.05, 0.1) is 11.4 Å². The molecule has 0 aliphatic carbocycles. The van der Waals surface area contributed by atoms with Gasteiger partial charge in [-0.05, 0) is 24.7 Å². The van der Waals surface area contributed by atoms with Crippen molar-refractivity contribution in [3.63, 3.8) is 0 Å². The molecule has 21 heavy (non-hydrogen) atoms. The highest BCUT2D eigenvalue weighted by Crippen LogP contribution is 2.33. The standard InChI is InChI=1S/C13H16ClN3O3S/c1-16-2-4-17(5-3-16)21(19,20)12-6-9-7-13(18)15-11(9)8-10(12)14/h6,8H,2-5,7H2,1H3,(H,15,18). The number of amides is 1.